The lowest BCUT2D eigenvalue weighted by Gasteiger charge is -2.53. The number of alkyl halides is 1. The van der Waals surface area contributed by atoms with Crippen molar-refractivity contribution in [2.24, 2.45) is 22.7 Å². The van der Waals surface area contributed by atoms with E-state index in [4.69, 9.17) is 4.74 Å². The largest absolute Gasteiger partial charge is 0.390 e. The zero-order chi connectivity index (χ0) is 15.7. The third-order valence-corrected chi connectivity index (χ3v) is 7.00. The van der Waals surface area contributed by atoms with E-state index in [-0.39, 0.29) is 16.7 Å². The van der Waals surface area contributed by atoms with Gasteiger partial charge in [-0.1, -0.05) is 37.1 Å². The minimum Gasteiger partial charge on any atom is -0.390 e. The Morgan fingerprint density at radius 2 is 2.00 bits per heavy atom. The molecule has 0 aromatic carbocycles. The van der Waals surface area contributed by atoms with Crippen LogP contribution in [-0.4, -0.2) is 35.4 Å². The zero-order valence-corrected chi connectivity index (χ0v) is 13.3. The average Bonchev–Trinajstić information content (AvgIpc) is 2.72. The summed E-state index contributed by atoms with van der Waals surface area (Å²) in [7, 11) is 0. The molecule has 0 spiro atoms. The van der Waals surface area contributed by atoms with Crippen molar-refractivity contribution in [3.8, 4) is 0 Å². The number of aliphatic hydroxyl groups is 2. The Morgan fingerprint density at radius 3 is 2.77 bits per heavy atom. The molecule has 1 saturated heterocycles. The van der Waals surface area contributed by atoms with Crippen LogP contribution in [0.2, 0.25) is 0 Å². The molecule has 0 aromatic heterocycles. The van der Waals surface area contributed by atoms with Gasteiger partial charge in [0.05, 0.1) is 12.7 Å². The number of hydrogen-bond acceptors (Lipinski definition) is 3. The van der Waals surface area contributed by atoms with E-state index in [2.05, 4.69) is 19.1 Å². The van der Waals surface area contributed by atoms with Crippen molar-refractivity contribution in [2.45, 2.75) is 58.1 Å². The molecule has 2 saturated carbocycles. The topological polar surface area (TPSA) is 49.7 Å². The summed E-state index contributed by atoms with van der Waals surface area (Å²) in [5, 5.41) is 20.1. The molecule has 0 aromatic rings. The second-order valence-electron chi connectivity index (χ2n) is 8.09. The van der Waals surface area contributed by atoms with Crippen LogP contribution in [0.5, 0.6) is 0 Å². The molecule has 3 aliphatic carbocycles. The van der Waals surface area contributed by atoms with Gasteiger partial charge in [0.25, 0.3) is 0 Å². The van der Waals surface area contributed by atoms with Crippen molar-refractivity contribution in [3.63, 3.8) is 0 Å². The third-order valence-electron chi connectivity index (χ3n) is 7.00. The summed E-state index contributed by atoms with van der Waals surface area (Å²) in [5.74, 6) is 0.466. The number of hydrogen-bond donors (Lipinski definition) is 2. The third kappa shape index (κ3) is 1.78. The van der Waals surface area contributed by atoms with Crippen molar-refractivity contribution >= 4 is 0 Å². The van der Waals surface area contributed by atoms with Gasteiger partial charge in [-0.2, -0.15) is 0 Å². The van der Waals surface area contributed by atoms with Crippen LogP contribution in [0.4, 0.5) is 4.39 Å². The number of halogens is 1. The van der Waals surface area contributed by atoms with E-state index in [0.717, 1.165) is 12.8 Å². The first kappa shape index (κ1) is 14.9. The molecule has 0 radical (unpaired) electrons. The molecule has 4 aliphatic rings. The highest BCUT2D eigenvalue weighted by molar-refractivity contribution is 5.39. The molecule has 7 atom stereocenters. The SMILES string of the molecule is C[C@]12COC(O)CC1=CC=C1[C@H]2CC[C@]2(C)C(O)C(F)C[C@@H]12. The Morgan fingerprint density at radius 1 is 1.23 bits per heavy atom. The van der Waals surface area contributed by atoms with Gasteiger partial charge in [-0.25, -0.2) is 4.39 Å². The van der Waals surface area contributed by atoms with E-state index in [1.165, 1.54) is 11.1 Å². The maximum atomic E-state index is 14.2. The predicted octanol–water partition coefficient (Wildman–Crippen LogP) is 2.73. The molecular weight excluding hydrogens is 283 g/mol. The van der Waals surface area contributed by atoms with E-state index in [0.29, 0.717) is 25.4 Å². The number of fused-ring (bicyclic) bond motifs is 5. The van der Waals surface area contributed by atoms with Crippen LogP contribution in [0.15, 0.2) is 23.3 Å². The van der Waals surface area contributed by atoms with Gasteiger partial charge in [-0.15, -0.1) is 0 Å². The van der Waals surface area contributed by atoms with E-state index in [1.807, 2.05) is 6.92 Å². The van der Waals surface area contributed by atoms with Gasteiger partial charge in [0.15, 0.2) is 6.29 Å². The van der Waals surface area contributed by atoms with E-state index in [9.17, 15) is 14.6 Å². The second-order valence-corrected chi connectivity index (χ2v) is 8.09. The van der Waals surface area contributed by atoms with Crippen molar-refractivity contribution in [1.29, 1.82) is 0 Å². The monoisotopic (exact) mass is 308 g/mol. The summed E-state index contributed by atoms with van der Waals surface area (Å²) in [6.07, 6.45) is 4.40. The first-order valence-electron chi connectivity index (χ1n) is 8.39. The fourth-order valence-electron chi connectivity index (χ4n) is 5.49. The smallest absolute Gasteiger partial charge is 0.158 e. The van der Waals surface area contributed by atoms with Gasteiger partial charge in [0.1, 0.15) is 6.17 Å². The predicted molar refractivity (Wildman–Crippen MR) is 80.7 cm³/mol. The minimum atomic E-state index is -1.11. The van der Waals surface area contributed by atoms with Gasteiger partial charge < -0.3 is 14.9 Å². The maximum absolute atomic E-state index is 14.2. The van der Waals surface area contributed by atoms with E-state index < -0.39 is 18.6 Å². The molecule has 22 heavy (non-hydrogen) atoms. The molecule has 3 fully saturated rings. The molecule has 1 aliphatic heterocycles. The summed E-state index contributed by atoms with van der Waals surface area (Å²) in [6, 6.07) is 0. The lowest BCUT2D eigenvalue weighted by atomic mass is 9.53. The molecular formula is C18H25FO3. The molecule has 122 valence electrons. The fourth-order valence-corrected chi connectivity index (χ4v) is 5.49. The highest BCUT2D eigenvalue weighted by Crippen LogP contribution is 2.62. The van der Waals surface area contributed by atoms with Crippen molar-refractivity contribution < 1.29 is 19.3 Å². The fraction of sp³-hybridized carbons (Fsp3) is 0.778. The van der Waals surface area contributed by atoms with Crippen LogP contribution in [-0.2, 0) is 4.74 Å². The number of rotatable bonds is 0. The maximum Gasteiger partial charge on any atom is 0.158 e. The zero-order valence-electron chi connectivity index (χ0n) is 13.3. The minimum absolute atomic E-state index is 0.0933. The molecule has 0 amide bonds. The van der Waals surface area contributed by atoms with Crippen LogP contribution in [0, 0.1) is 22.7 Å². The standard InChI is InChI=1S/C18H25FO3/c1-17-6-5-12-11(13(17)8-14(19)16(17)21)4-3-10-7-15(20)22-9-18(10,12)2/h3-4,12-16,20-21H,5-9H2,1-2H3/t12-,13+,14?,15?,16?,17+,18+/m1/s1. The van der Waals surface area contributed by atoms with Gasteiger partial charge in [0, 0.05) is 17.3 Å². The molecule has 3 nitrogen and oxygen atoms in total. The Bertz CT molecular complexity index is 557. The van der Waals surface area contributed by atoms with Crippen LogP contribution in [0.1, 0.15) is 39.5 Å². The molecule has 3 unspecified atom stereocenters. The summed E-state index contributed by atoms with van der Waals surface area (Å²) in [6.45, 7) is 4.78. The molecule has 1 heterocycles. The van der Waals surface area contributed by atoms with Crippen LogP contribution in [0.25, 0.3) is 0 Å². The number of aliphatic hydroxyl groups excluding tert-OH is 2. The number of ether oxygens (including phenoxy) is 1. The lowest BCUT2D eigenvalue weighted by molar-refractivity contribution is -0.151. The van der Waals surface area contributed by atoms with Crippen molar-refractivity contribution in [2.75, 3.05) is 6.61 Å². The molecule has 4 heteroatoms. The van der Waals surface area contributed by atoms with Gasteiger partial charge in [-0.3, -0.25) is 0 Å². The Labute approximate surface area is 130 Å². The highest BCUT2D eigenvalue weighted by Gasteiger charge is 2.59. The summed E-state index contributed by atoms with van der Waals surface area (Å²) >= 11 is 0. The van der Waals surface area contributed by atoms with Gasteiger partial charge in [-0.05, 0) is 31.1 Å². The number of allylic oxidation sites excluding steroid dienone is 3. The average molecular weight is 308 g/mol. The molecule has 2 N–H and O–H groups in total. The van der Waals surface area contributed by atoms with Gasteiger partial charge in [0.2, 0.25) is 0 Å². The van der Waals surface area contributed by atoms with E-state index in [1.54, 1.807) is 0 Å². The van der Waals surface area contributed by atoms with Crippen LogP contribution in [0.3, 0.4) is 0 Å². The second kappa shape index (κ2) is 4.65. The Kier molecular flexibility index (Phi) is 3.14. The van der Waals surface area contributed by atoms with Crippen LogP contribution < -0.4 is 0 Å². The molecule has 4 rings (SSSR count). The lowest BCUT2D eigenvalue weighted by Crippen LogP contribution is -2.49. The van der Waals surface area contributed by atoms with Crippen molar-refractivity contribution in [3.05, 3.63) is 23.3 Å². The Hall–Kier alpha value is -0.710. The summed E-state index contributed by atoms with van der Waals surface area (Å²) < 4.78 is 19.7. The summed E-state index contributed by atoms with van der Waals surface area (Å²) in [5.41, 5.74) is 2.11. The van der Waals surface area contributed by atoms with Crippen molar-refractivity contribution in [1.82, 2.24) is 0 Å². The van der Waals surface area contributed by atoms with E-state index >= 15 is 0 Å². The van der Waals surface area contributed by atoms with Crippen LogP contribution >= 0.6 is 0 Å². The first-order valence-corrected chi connectivity index (χ1v) is 8.39. The summed E-state index contributed by atoms with van der Waals surface area (Å²) in [4.78, 5) is 0. The molecule has 0 bridgehead atoms. The van der Waals surface area contributed by atoms with Gasteiger partial charge >= 0.3 is 0 Å². The first-order chi connectivity index (χ1) is 10.4. The highest BCUT2D eigenvalue weighted by atomic mass is 19.1. The quantitative estimate of drug-likeness (QED) is 0.723. The Balaban J connectivity index is 1.74. The normalized spacial score (nSPS) is 54.0.